The summed E-state index contributed by atoms with van der Waals surface area (Å²) in [7, 11) is 13.2. The lowest BCUT2D eigenvalue weighted by Crippen LogP contribution is -2.38. The SMILES string of the molecule is CCCCCCCCCCCc1c2nc(cc3ccc([nH]3)c(-c3cc(OCCC[N+](C)(C)C)cc(OCC[N+](C)(C)C)c3)c3nc(cc4ccc1[nH]4)C=C3)C=C2. The van der Waals surface area contributed by atoms with Crippen LogP contribution in [0, 0.1) is 0 Å². The summed E-state index contributed by atoms with van der Waals surface area (Å²) in [6, 6.07) is 19.2. The molecule has 0 saturated heterocycles. The van der Waals surface area contributed by atoms with E-state index in [0.29, 0.717) is 13.2 Å². The van der Waals surface area contributed by atoms with Crippen LogP contribution in [0.1, 0.15) is 99.5 Å². The molecule has 0 saturated carbocycles. The van der Waals surface area contributed by atoms with Gasteiger partial charge in [0.25, 0.3) is 0 Å². The molecule has 0 aliphatic carbocycles. The lowest BCUT2D eigenvalue weighted by molar-refractivity contribution is -0.870. The number of H-pyrrole nitrogens is 2. The van der Waals surface area contributed by atoms with Gasteiger partial charge in [-0.1, -0.05) is 58.3 Å². The Morgan fingerprint density at radius 2 is 1.09 bits per heavy atom. The fourth-order valence-electron chi connectivity index (χ4n) is 7.36. The van der Waals surface area contributed by atoms with Gasteiger partial charge < -0.3 is 28.4 Å². The molecule has 8 bridgehead atoms. The minimum Gasteiger partial charge on any atom is -0.493 e. The molecule has 0 unspecified atom stereocenters. The molecule has 6 rings (SSSR count). The maximum atomic E-state index is 6.42. The summed E-state index contributed by atoms with van der Waals surface area (Å²) in [5.41, 5.74) is 11.1. The number of hydrogen-bond acceptors (Lipinski definition) is 4. The molecule has 298 valence electrons. The monoisotopic (exact) mass is 759 g/mol. The Morgan fingerprint density at radius 1 is 0.536 bits per heavy atom. The Hall–Kier alpha value is -4.66. The van der Waals surface area contributed by atoms with E-state index in [0.717, 1.165) is 109 Å². The maximum Gasteiger partial charge on any atom is 0.137 e. The van der Waals surface area contributed by atoms with Crippen molar-refractivity contribution >= 4 is 46.4 Å². The summed E-state index contributed by atoms with van der Waals surface area (Å²) in [4.78, 5) is 17.8. The molecular weight excluding hydrogens is 693 g/mol. The van der Waals surface area contributed by atoms with Crippen LogP contribution in [0.3, 0.4) is 0 Å². The molecule has 3 aromatic heterocycles. The standard InChI is InChI=1S/C48H66N6O2/c1-8-9-10-11-12-13-14-15-16-18-43-44-23-19-37(49-44)33-39-21-25-46(51-39)48(47-26-22-40(52-47)34-38-20-24-45(43)50-38)36-31-41(55-29-17-27-53(2,3)4)35-42(32-36)56-30-28-54(5,6)7/h19-26,31-35,49,52H,8-18,27-30H2,1-7H3/q+2. The zero-order valence-electron chi connectivity index (χ0n) is 35.2. The number of quaternary nitrogens is 2. The van der Waals surface area contributed by atoms with Crippen molar-refractivity contribution in [3.05, 3.63) is 82.9 Å². The van der Waals surface area contributed by atoms with Crippen molar-refractivity contribution < 1.29 is 18.4 Å². The van der Waals surface area contributed by atoms with Crippen molar-refractivity contribution in [3.63, 3.8) is 0 Å². The lowest BCUT2D eigenvalue weighted by Gasteiger charge is -2.24. The molecule has 2 aliphatic heterocycles. The highest BCUT2D eigenvalue weighted by molar-refractivity contribution is 5.91. The summed E-state index contributed by atoms with van der Waals surface area (Å²) >= 11 is 0. The summed E-state index contributed by atoms with van der Waals surface area (Å²) in [5, 5.41) is 0. The fourth-order valence-corrected chi connectivity index (χ4v) is 7.36. The summed E-state index contributed by atoms with van der Waals surface area (Å²) in [6.45, 7) is 5.43. The molecule has 0 atom stereocenters. The quantitative estimate of drug-likeness (QED) is 0.0600. The van der Waals surface area contributed by atoms with Gasteiger partial charge >= 0.3 is 0 Å². The average Bonchev–Trinajstić information content (AvgIpc) is 3.97. The number of hydrogen-bond donors (Lipinski definition) is 2. The minimum atomic E-state index is 0.601. The Morgan fingerprint density at radius 3 is 1.73 bits per heavy atom. The molecule has 0 spiro atoms. The Bertz CT molecular complexity index is 2140. The number of ether oxygens (including phenoxy) is 2. The Balaban J connectivity index is 1.37. The molecule has 56 heavy (non-hydrogen) atoms. The van der Waals surface area contributed by atoms with Crippen LogP contribution in [-0.4, -0.2) is 97.5 Å². The van der Waals surface area contributed by atoms with Crippen LogP contribution >= 0.6 is 0 Å². The normalized spacial score (nSPS) is 12.8. The van der Waals surface area contributed by atoms with Crippen LogP contribution in [0.5, 0.6) is 11.5 Å². The van der Waals surface area contributed by atoms with Gasteiger partial charge in [0, 0.05) is 45.7 Å². The number of aromatic amines is 2. The molecular formula is C48H66N6O2+2. The number of aryl methyl sites for hydroxylation is 1. The van der Waals surface area contributed by atoms with Crippen molar-refractivity contribution in [2.24, 2.45) is 0 Å². The minimum absolute atomic E-state index is 0.601. The van der Waals surface area contributed by atoms with Gasteiger partial charge in [-0.15, -0.1) is 0 Å². The number of rotatable bonds is 20. The first-order valence-corrected chi connectivity index (χ1v) is 21.0. The maximum absolute atomic E-state index is 6.42. The molecule has 5 heterocycles. The molecule has 8 heteroatoms. The van der Waals surface area contributed by atoms with E-state index >= 15 is 0 Å². The van der Waals surface area contributed by atoms with Crippen LogP contribution < -0.4 is 9.47 Å². The van der Waals surface area contributed by atoms with Crippen LogP contribution in [0.15, 0.2) is 54.6 Å². The highest BCUT2D eigenvalue weighted by Gasteiger charge is 2.16. The molecule has 1 aromatic carbocycles. The largest absolute Gasteiger partial charge is 0.493 e. The van der Waals surface area contributed by atoms with Crippen molar-refractivity contribution in [2.45, 2.75) is 77.6 Å². The first-order valence-electron chi connectivity index (χ1n) is 21.0. The van der Waals surface area contributed by atoms with Gasteiger partial charge in [0.1, 0.15) is 24.7 Å². The average molecular weight is 759 g/mol. The second-order valence-corrected chi connectivity index (χ2v) is 17.7. The molecule has 0 amide bonds. The number of benzene rings is 1. The highest BCUT2D eigenvalue weighted by Crippen LogP contribution is 2.36. The second-order valence-electron chi connectivity index (χ2n) is 17.7. The molecule has 0 fully saturated rings. The first-order chi connectivity index (χ1) is 26.9. The van der Waals surface area contributed by atoms with E-state index in [9.17, 15) is 0 Å². The zero-order chi connectivity index (χ0) is 39.5. The first kappa shape index (κ1) is 41.0. The predicted molar refractivity (Wildman–Crippen MR) is 237 cm³/mol. The third-order valence-electron chi connectivity index (χ3n) is 10.5. The van der Waals surface area contributed by atoms with E-state index in [1.54, 1.807) is 0 Å². The number of nitrogens with one attached hydrogen (secondary N) is 2. The van der Waals surface area contributed by atoms with Gasteiger partial charge in [-0.3, -0.25) is 0 Å². The van der Waals surface area contributed by atoms with Gasteiger partial charge in [-0.2, -0.15) is 0 Å². The van der Waals surface area contributed by atoms with Crippen LogP contribution in [-0.2, 0) is 6.42 Å². The van der Waals surface area contributed by atoms with Gasteiger partial charge in [0.05, 0.1) is 78.2 Å². The van der Waals surface area contributed by atoms with E-state index in [2.05, 4.69) is 132 Å². The van der Waals surface area contributed by atoms with E-state index in [-0.39, 0.29) is 0 Å². The van der Waals surface area contributed by atoms with Gasteiger partial charge in [-0.05, 0) is 91.2 Å². The van der Waals surface area contributed by atoms with Gasteiger partial charge in [0.15, 0.2) is 0 Å². The topological polar surface area (TPSA) is 75.8 Å². The molecule has 4 aromatic rings. The molecule has 8 nitrogen and oxygen atoms in total. The van der Waals surface area contributed by atoms with Gasteiger partial charge in [0.2, 0.25) is 0 Å². The molecule has 0 radical (unpaired) electrons. The number of nitrogens with zero attached hydrogens (tertiary/aromatic N) is 4. The van der Waals surface area contributed by atoms with Crippen LogP contribution in [0.2, 0.25) is 0 Å². The summed E-state index contributed by atoms with van der Waals surface area (Å²) < 4.78 is 14.6. The number of fused-ring (bicyclic) bond motifs is 8. The Kier molecular flexibility index (Phi) is 13.9. The van der Waals surface area contributed by atoms with E-state index in [1.807, 2.05) is 6.07 Å². The number of aromatic nitrogens is 4. The summed E-state index contributed by atoms with van der Waals surface area (Å²) in [5.74, 6) is 1.58. The number of likely N-dealkylation sites (N-methyl/N-ethyl adjacent to an activating group) is 1. The van der Waals surface area contributed by atoms with E-state index < -0.39 is 0 Å². The second kappa shape index (κ2) is 19.0. The summed E-state index contributed by atoms with van der Waals surface area (Å²) in [6.07, 6.45) is 22.3. The fraction of sp³-hybridized carbons (Fsp3) is 0.458. The lowest BCUT2D eigenvalue weighted by atomic mass is 10.0. The van der Waals surface area contributed by atoms with Crippen molar-refractivity contribution in [1.82, 2.24) is 19.9 Å². The van der Waals surface area contributed by atoms with E-state index in [1.165, 1.54) is 56.9 Å². The van der Waals surface area contributed by atoms with E-state index in [4.69, 9.17) is 19.4 Å². The molecule has 2 N–H and O–H groups in total. The molecule has 2 aliphatic rings. The number of unbranched alkanes of at least 4 members (excludes halogenated alkanes) is 8. The highest BCUT2D eigenvalue weighted by atomic mass is 16.5. The van der Waals surface area contributed by atoms with Gasteiger partial charge in [-0.25, -0.2) is 9.97 Å². The van der Waals surface area contributed by atoms with Crippen LogP contribution in [0.4, 0.5) is 0 Å². The van der Waals surface area contributed by atoms with Crippen molar-refractivity contribution in [2.75, 3.05) is 68.6 Å². The van der Waals surface area contributed by atoms with Crippen LogP contribution in [0.25, 0.3) is 57.5 Å². The third kappa shape index (κ3) is 12.2. The predicted octanol–water partition coefficient (Wildman–Crippen LogP) is 11.0. The third-order valence-corrected chi connectivity index (χ3v) is 10.5. The van der Waals surface area contributed by atoms with Crippen molar-refractivity contribution in [3.8, 4) is 22.6 Å². The Labute approximate surface area is 335 Å². The smallest absolute Gasteiger partial charge is 0.137 e. The zero-order valence-corrected chi connectivity index (χ0v) is 35.2. The van der Waals surface area contributed by atoms with Crippen molar-refractivity contribution in [1.29, 1.82) is 0 Å².